The molecule has 0 unspecified atom stereocenters. The SMILES string of the molecule is N#CCN(CC#N)Cc1ccc(C(=O)O)c(F)c1. The standard InChI is InChI=1S/C12H10FN3O2/c13-11-7-9(1-2-10(11)12(17)18)8-16(5-3-14)6-4-15/h1-2,7H,5-6,8H2,(H,17,18). The monoisotopic (exact) mass is 247 g/mol. The largest absolute Gasteiger partial charge is 0.478 e. The summed E-state index contributed by atoms with van der Waals surface area (Å²) in [5.41, 5.74) is 0.119. The Morgan fingerprint density at radius 3 is 2.39 bits per heavy atom. The van der Waals surface area contributed by atoms with E-state index < -0.39 is 17.3 Å². The first kappa shape index (κ1) is 13.6. The zero-order valence-corrected chi connectivity index (χ0v) is 9.43. The maximum atomic E-state index is 13.4. The molecule has 1 aromatic carbocycles. The van der Waals surface area contributed by atoms with Crippen molar-refractivity contribution in [2.45, 2.75) is 6.54 Å². The number of carboxylic acid groups (broad SMARTS) is 1. The van der Waals surface area contributed by atoms with Gasteiger partial charge >= 0.3 is 5.97 Å². The Labute approximate surface area is 103 Å². The van der Waals surface area contributed by atoms with Gasteiger partial charge < -0.3 is 5.11 Å². The number of aromatic carboxylic acids is 1. The van der Waals surface area contributed by atoms with Gasteiger partial charge in [-0.15, -0.1) is 0 Å². The number of carboxylic acids is 1. The number of carbonyl (C=O) groups is 1. The average Bonchev–Trinajstić information content (AvgIpc) is 2.29. The zero-order chi connectivity index (χ0) is 13.5. The Morgan fingerprint density at radius 2 is 1.94 bits per heavy atom. The Kier molecular flexibility index (Phi) is 4.79. The van der Waals surface area contributed by atoms with Gasteiger partial charge in [0.05, 0.1) is 30.8 Å². The molecule has 18 heavy (non-hydrogen) atoms. The van der Waals surface area contributed by atoms with Crippen molar-refractivity contribution < 1.29 is 14.3 Å². The molecule has 0 heterocycles. The van der Waals surface area contributed by atoms with E-state index in [0.717, 1.165) is 6.07 Å². The number of halogens is 1. The van der Waals surface area contributed by atoms with Crippen LogP contribution >= 0.6 is 0 Å². The van der Waals surface area contributed by atoms with Crippen molar-refractivity contribution in [3.8, 4) is 12.1 Å². The van der Waals surface area contributed by atoms with Gasteiger partial charge in [-0.2, -0.15) is 10.5 Å². The Bertz CT molecular complexity index is 515. The summed E-state index contributed by atoms with van der Waals surface area (Å²) in [5.74, 6) is -2.15. The van der Waals surface area contributed by atoms with Crippen LogP contribution in [0.25, 0.3) is 0 Å². The van der Waals surface area contributed by atoms with Crippen molar-refractivity contribution in [3.05, 3.63) is 35.1 Å². The van der Waals surface area contributed by atoms with E-state index in [0.29, 0.717) is 5.56 Å². The third kappa shape index (κ3) is 3.55. The molecule has 0 saturated carbocycles. The fourth-order valence-electron chi connectivity index (χ4n) is 1.46. The maximum absolute atomic E-state index is 13.4. The Morgan fingerprint density at radius 1 is 1.33 bits per heavy atom. The van der Waals surface area contributed by atoms with E-state index in [9.17, 15) is 9.18 Å². The molecule has 0 aromatic heterocycles. The van der Waals surface area contributed by atoms with Crippen molar-refractivity contribution in [3.63, 3.8) is 0 Å². The summed E-state index contributed by atoms with van der Waals surface area (Å²) in [6, 6.07) is 7.55. The summed E-state index contributed by atoms with van der Waals surface area (Å²) in [4.78, 5) is 12.1. The van der Waals surface area contributed by atoms with Gasteiger partial charge in [0.25, 0.3) is 0 Å². The van der Waals surface area contributed by atoms with Crippen LogP contribution in [-0.4, -0.2) is 29.1 Å². The highest BCUT2D eigenvalue weighted by atomic mass is 19.1. The quantitative estimate of drug-likeness (QED) is 0.794. The van der Waals surface area contributed by atoms with E-state index in [4.69, 9.17) is 15.6 Å². The number of rotatable bonds is 5. The molecule has 0 amide bonds. The van der Waals surface area contributed by atoms with E-state index in [-0.39, 0.29) is 19.6 Å². The van der Waals surface area contributed by atoms with Crippen LogP contribution in [0.4, 0.5) is 4.39 Å². The maximum Gasteiger partial charge on any atom is 0.338 e. The van der Waals surface area contributed by atoms with Gasteiger partial charge in [-0.25, -0.2) is 9.18 Å². The summed E-state index contributed by atoms with van der Waals surface area (Å²) in [5, 5.41) is 25.8. The lowest BCUT2D eigenvalue weighted by atomic mass is 10.1. The van der Waals surface area contributed by atoms with Gasteiger partial charge in [-0.05, 0) is 17.7 Å². The average molecular weight is 247 g/mol. The molecule has 6 heteroatoms. The molecular formula is C12H10FN3O2. The molecule has 0 aliphatic heterocycles. The molecule has 92 valence electrons. The molecule has 0 radical (unpaired) electrons. The third-order valence-electron chi connectivity index (χ3n) is 2.26. The van der Waals surface area contributed by atoms with Gasteiger partial charge in [0.2, 0.25) is 0 Å². The minimum atomic E-state index is -1.33. The number of hydrogen-bond acceptors (Lipinski definition) is 4. The first-order valence-corrected chi connectivity index (χ1v) is 5.06. The van der Waals surface area contributed by atoms with Crippen LogP contribution in [0.3, 0.4) is 0 Å². The molecule has 1 N–H and O–H groups in total. The first-order chi connectivity index (χ1) is 8.58. The van der Waals surface area contributed by atoms with Crippen LogP contribution in [-0.2, 0) is 6.54 Å². The second-order valence-corrected chi connectivity index (χ2v) is 3.58. The van der Waals surface area contributed by atoms with Crippen LogP contribution in [0, 0.1) is 28.5 Å². The van der Waals surface area contributed by atoms with Gasteiger partial charge in [0.1, 0.15) is 5.82 Å². The molecule has 0 saturated heterocycles. The van der Waals surface area contributed by atoms with Crippen LogP contribution in [0.5, 0.6) is 0 Å². The Hall–Kier alpha value is -2.44. The molecule has 1 rings (SSSR count). The molecule has 0 aliphatic rings. The lowest BCUT2D eigenvalue weighted by Crippen LogP contribution is -2.24. The molecule has 0 spiro atoms. The normalized spacial score (nSPS) is 9.78. The van der Waals surface area contributed by atoms with Crippen molar-refractivity contribution in [2.24, 2.45) is 0 Å². The molecule has 0 atom stereocenters. The molecule has 5 nitrogen and oxygen atoms in total. The smallest absolute Gasteiger partial charge is 0.338 e. The van der Waals surface area contributed by atoms with Crippen molar-refractivity contribution in [1.82, 2.24) is 4.90 Å². The summed E-state index contributed by atoms with van der Waals surface area (Å²) in [6.45, 7) is 0.323. The summed E-state index contributed by atoms with van der Waals surface area (Å²) >= 11 is 0. The lowest BCUT2D eigenvalue weighted by molar-refractivity contribution is 0.0692. The molecule has 1 aromatic rings. The highest BCUT2D eigenvalue weighted by Gasteiger charge is 2.12. The molecule has 0 aliphatic carbocycles. The van der Waals surface area contributed by atoms with Crippen LogP contribution < -0.4 is 0 Å². The number of nitriles is 2. The first-order valence-electron chi connectivity index (χ1n) is 5.06. The van der Waals surface area contributed by atoms with Gasteiger partial charge in [-0.3, -0.25) is 4.90 Å². The summed E-state index contributed by atoms with van der Waals surface area (Å²) < 4.78 is 13.4. The zero-order valence-electron chi connectivity index (χ0n) is 9.43. The van der Waals surface area contributed by atoms with E-state index in [1.165, 1.54) is 17.0 Å². The number of nitrogens with zero attached hydrogens (tertiary/aromatic N) is 3. The predicted molar refractivity (Wildman–Crippen MR) is 59.9 cm³/mol. The van der Waals surface area contributed by atoms with Crippen molar-refractivity contribution >= 4 is 5.97 Å². The summed E-state index contributed by atoms with van der Waals surface area (Å²) in [6.07, 6.45) is 0. The highest BCUT2D eigenvalue weighted by Crippen LogP contribution is 2.12. The van der Waals surface area contributed by atoms with Gasteiger partial charge in [0, 0.05) is 6.54 Å². The van der Waals surface area contributed by atoms with Crippen molar-refractivity contribution in [1.29, 1.82) is 10.5 Å². The molecular weight excluding hydrogens is 237 g/mol. The second kappa shape index (κ2) is 6.33. The summed E-state index contributed by atoms with van der Waals surface area (Å²) in [7, 11) is 0. The highest BCUT2D eigenvalue weighted by molar-refractivity contribution is 5.87. The Balaban J connectivity index is 2.85. The number of benzene rings is 1. The second-order valence-electron chi connectivity index (χ2n) is 3.58. The van der Waals surface area contributed by atoms with E-state index in [2.05, 4.69) is 0 Å². The minimum absolute atomic E-state index is 0.0514. The van der Waals surface area contributed by atoms with Crippen LogP contribution in [0.2, 0.25) is 0 Å². The molecule has 0 bridgehead atoms. The third-order valence-corrected chi connectivity index (χ3v) is 2.26. The van der Waals surface area contributed by atoms with Crippen LogP contribution in [0.15, 0.2) is 18.2 Å². The van der Waals surface area contributed by atoms with E-state index in [1.807, 2.05) is 12.1 Å². The predicted octanol–water partition coefficient (Wildman–Crippen LogP) is 1.37. The van der Waals surface area contributed by atoms with E-state index in [1.54, 1.807) is 0 Å². The van der Waals surface area contributed by atoms with Gasteiger partial charge in [-0.1, -0.05) is 6.07 Å². The topological polar surface area (TPSA) is 88.1 Å². The van der Waals surface area contributed by atoms with E-state index >= 15 is 0 Å². The van der Waals surface area contributed by atoms with Crippen molar-refractivity contribution in [2.75, 3.05) is 13.1 Å². The minimum Gasteiger partial charge on any atom is -0.478 e. The molecule has 0 fully saturated rings. The van der Waals surface area contributed by atoms with Gasteiger partial charge in [0.15, 0.2) is 0 Å². The number of hydrogen-bond donors (Lipinski definition) is 1. The fourth-order valence-corrected chi connectivity index (χ4v) is 1.46. The lowest BCUT2D eigenvalue weighted by Gasteiger charge is -2.15. The van der Waals surface area contributed by atoms with Crippen LogP contribution in [0.1, 0.15) is 15.9 Å². The fraction of sp³-hybridized carbons (Fsp3) is 0.250.